The number of halogens is 2. The number of carbonyl (C=O) groups is 1. The van der Waals surface area contributed by atoms with E-state index in [2.05, 4.69) is 16.7 Å². The van der Waals surface area contributed by atoms with E-state index in [1.165, 1.54) is 29.6 Å². The number of aromatic nitrogens is 1. The van der Waals surface area contributed by atoms with Gasteiger partial charge in [0.1, 0.15) is 12.7 Å². The zero-order valence-corrected chi connectivity index (χ0v) is 15.5. The fourth-order valence-corrected chi connectivity index (χ4v) is 2.87. The largest absolute Gasteiger partial charge is 0.473 e. The van der Waals surface area contributed by atoms with Gasteiger partial charge in [-0.1, -0.05) is 18.7 Å². The van der Waals surface area contributed by atoms with Gasteiger partial charge in [-0.2, -0.15) is 10.4 Å². The van der Waals surface area contributed by atoms with Gasteiger partial charge in [0.15, 0.2) is 11.6 Å². The predicted molar refractivity (Wildman–Crippen MR) is 102 cm³/mol. The number of ether oxygens (including phenoxy) is 1. The molecular formula is C21H18F2N4O2. The number of hydrogen-bond acceptors (Lipinski definition) is 5. The van der Waals surface area contributed by atoms with Gasteiger partial charge in [0.25, 0.3) is 0 Å². The first-order chi connectivity index (χ1) is 14.0. The molecule has 1 aliphatic rings. The van der Waals surface area contributed by atoms with Crippen molar-refractivity contribution in [3.8, 4) is 11.9 Å². The van der Waals surface area contributed by atoms with E-state index in [0.717, 1.165) is 6.07 Å². The summed E-state index contributed by atoms with van der Waals surface area (Å²) in [5.41, 5.74) is 1.20. The van der Waals surface area contributed by atoms with Gasteiger partial charge in [0.05, 0.1) is 11.6 Å². The number of carbonyl (C=O) groups excluding carboxylic acids is 1. The Morgan fingerprint density at radius 2 is 2.14 bits per heavy atom. The molecule has 1 aromatic carbocycles. The maximum Gasteiger partial charge on any atom is 0.243 e. The third-order valence-corrected chi connectivity index (χ3v) is 4.41. The summed E-state index contributed by atoms with van der Waals surface area (Å²) in [5, 5.41) is 14.0. The highest BCUT2D eigenvalue weighted by atomic mass is 19.2. The van der Waals surface area contributed by atoms with Crippen LogP contribution in [-0.2, 0) is 4.79 Å². The van der Waals surface area contributed by atoms with Gasteiger partial charge in [-0.3, -0.25) is 4.79 Å². The van der Waals surface area contributed by atoms with Crippen molar-refractivity contribution in [2.45, 2.75) is 25.3 Å². The van der Waals surface area contributed by atoms with E-state index in [-0.39, 0.29) is 24.5 Å². The predicted octanol–water partition coefficient (Wildman–Crippen LogP) is 3.91. The zero-order chi connectivity index (χ0) is 20.8. The lowest BCUT2D eigenvalue weighted by Gasteiger charge is -2.23. The maximum atomic E-state index is 14.1. The number of pyridine rings is 1. The molecule has 0 saturated carbocycles. The molecule has 1 atom stereocenters. The number of nitriles is 1. The smallest absolute Gasteiger partial charge is 0.243 e. The van der Waals surface area contributed by atoms with Crippen LogP contribution in [0.2, 0.25) is 0 Å². The maximum absolute atomic E-state index is 14.1. The van der Waals surface area contributed by atoms with Crippen molar-refractivity contribution in [2.24, 2.45) is 5.10 Å². The van der Waals surface area contributed by atoms with Crippen molar-refractivity contribution in [3.63, 3.8) is 0 Å². The van der Waals surface area contributed by atoms with E-state index >= 15 is 0 Å². The molecule has 1 aromatic heterocycles. The molecule has 0 N–H and O–H groups in total. The van der Waals surface area contributed by atoms with Gasteiger partial charge in [0.2, 0.25) is 11.8 Å². The molecule has 1 aliphatic heterocycles. The second-order valence-corrected chi connectivity index (χ2v) is 6.47. The third-order valence-electron chi connectivity index (χ3n) is 4.41. The van der Waals surface area contributed by atoms with E-state index in [1.807, 2.05) is 6.07 Å². The van der Waals surface area contributed by atoms with E-state index in [0.29, 0.717) is 29.9 Å². The van der Waals surface area contributed by atoms with Crippen molar-refractivity contribution >= 4 is 12.1 Å². The van der Waals surface area contributed by atoms with Crippen LogP contribution in [0.25, 0.3) is 0 Å². The average Bonchev–Trinajstić information content (AvgIpc) is 3.22. The van der Waals surface area contributed by atoms with Crippen LogP contribution in [0.3, 0.4) is 0 Å². The fraction of sp³-hybridized carbons (Fsp3) is 0.238. The van der Waals surface area contributed by atoms with Crippen molar-refractivity contribution in [1.82, 2.24) is 9.99 Å². The highest BCUT2D eigenvalue weighted by Gasteiger charge is 2.30. The lowest BCUT2D eigenvalue weighted by atomic mass is 10.0. The normalized spacial score (nSPS) is 15.2. The molecule has 8 heteroatoms. The van der Waals surface area contributed by atoms with Gasteiger partial charge in [-0.25, -0.2) is 18.8 Å². The van der Waals surface area contributed by atoms with Crippen molar-refractivity contribution in [2.75, 3.05) is 6.61 Å². The standard InChI is InChI=1S/C21H18F2N4O2/c1-14(13-29-19-7-6-15(11-24)12-25-19)5-8-20(28)27-18(9-10-26-27)16-3-2-4-17(22)21(16)23/h2-4,6-7,10,12,18H,1,5,8-9,13H2. The van der Waals surface area contributed by atoms with Crippen LogP contribution >= 0.6 is 0 Å². The van der Waals surface area contributed by atoms with Gasteiger partial charge in [-0.15, -0.1) is 0 Å². The van der Waals surface area contributed by atoms with Gasteiger partial charge < -0.3 is 4.74 Å². The molecule has 29 heavy (non-hydrogen) atoms. The Morgan fingerprint density at radius 1 is 1.31 bits per heavy atom. The zero-order valence-electron chi connectivity index (χ0n) is 15.5. The van der Waals surface area contributed by atoms with Crippen LogP contribution < -0.4 is 4.74 Å². The second kappa shape index (κ2) is 9.06. The third kappa shape index (κ3) is 4.82. The first kappa shape index (κ1) is 20.1. The van der Waals surface area contributed by atoms with E-state index in [4.69, 9.17) is 10.00 Å². The summed E-state index contributed by atoms with van der Waals surface area (Å²) in [5.74, 6) is -1.88. The summed E-state index contributed by atoms with van der Waals surface area (Å²) < 4.78 is 33.1. The first-order valence-electron chi connectivity index (χ1n) is 8.93. The average molecular weight is 396 g/mol. The van der Waals surface area contributed by atoms with Crippen molar-refractivity contribution in [3.05, 3.63) is 71.4 Å². The molecule has 0 fully saturated rings. The minimum absolute atomic E-state index is 0.102. The summed E-state index contributed by atoms with van der Waals surface area (Å²) in [6, 6.07) is 8.37. The van der Waals surface area contributed by atoms with Crippen LogP contribution in [0.5, 0.6) is 5.88 Å². The Balaban J connectivity index is 1.52. The van der Waals surface area contributed by atoms with E-state index in [9.17, 15) is 13.6 Å². The minimum atomic E-state index is -0.964. The molecule has 6 nitrogen and oxygen atoms in total. The molecule has 2 heterocycles. The molecule has 148 valence electrons. The summed E-state index contributed by atoms with van der Waals surface area (Å²) in [6.45, 7) is 4.05. The van der Waals surface area contributed by atoms with Gasteiger partial charge in [-0.05, 0) is 24.1 Å². The second-order valence-electron chi connectivity index (χ2n) is 6.47. The minimum Gasteiger partial charge on any atom is -0.473 e. The molecule has 0 saturated heterocycles. The van der Waals surface area contributed by atoms with E-state index < -0.39 is 17.7 Å². The number of amides is 1. The van der Waals surface area contributed by atoms with Gasteiger partial charge >= 0.3 is 0 Å². The number of hydrazone groups is 1. The summed E-state index contributed by atoms with van der Waals surface area (Å²) in [6.07, 6.45) is 3.69. The number of nitrogens with zero attached hydrogens (tertiary/aromatic N) is 4. The number of rotatable bonds is 7. The van der Waals surface area contributed by atoms with Crippen LogP contribution in [0, 0.1) is 23.0 Å². The summed E-state index contributed by atoms with van der Waals surface area (Å²) in [4.78, 5) is 16.5. The molecule has 0 bridgehead atoms. The highest BCUT2D eigenvalue weighted by molar-refractivity contribution is 5.80. The van der Waals surface area contributed by atoms with Gasteiger partial charge in [0, 0.05) is 36.9 Å². The Kier molecular flexibility index (Phi) is 6.29. The molecule has 1 amide bonds. The van der Waals surface area contributed by atoms with Crippen LogP contribution in [0.1, 0.15) is 36.4 Å². The first-order valence-corrected chi connectivity index (χ1v) is 8.93. The summed E-state index contributed by atoms with van der Waals surface area (Å²) >= 11 is 0. The van der Waals surface area contributed by atoms with E-state index in [1.54, 1.807) is 12.1 Å². The monoisotopic (exact) mass is 396 g/mol. The Labute approximate surface area is 166 Å². The number of hydrogen-bond donors (Lipinski definition) is 0. The molecule has 2 aromatic rings. The lowest BCUT2D eigenvalue weighted by molar-refractivity contribution is -0.133. The topological polar surface area (TPSA) is 78.6 Å². The Hall–Kier alpha value is -3.60. The molecular weight excluding hydrogens is 378 g/mol. The summed E-state index contributed by atoms with van der Waals surface area (Å²) in [7, 11) is 0. The van der Waals surface area contributed by atoms with Crippen LogP contribution in [-0.4, -0.2) is 28.7 Å². The quantitative estimate of drug-likeness (QED) is 0.665. The molecule has 1 unspecified atom stereocenters. The lowest BCUT2D eigenvalue weighted by Crippen LogP contribution is -2.27. The number of benzene rings is 1. The Bertz CT molecular complexity index is 983. The Morgan fingerprint density at radius 3 is 2.86 bits per heavy atom. The van der Waals surface area contributed by atoms with Crippen molar-refractivity contribution in [1.29, 1.82) is 5.26 Å². The fourth-order valence-electron chi connectivity index (χ4n) is 2.87. The van der Waals surface area contributed by atoms with Crippen molar-refractivity contribution < 1.29 is 18.3 Å². The molecule has 0 radical (unpaired) electrons. The highest BCUT2D eigenvalue weighted by Crippen LogP contribution is 2.31. The van der Waals surface area contributed by atoms with Crippen LogP contribution in [0.15, 0.2) is 53.8 Å². The molecule has 0 spiro atoms. The molecule has 3 rings (SSSR count). The molecule has 0 aliphatic carbocycles. The van der Waals surface area contributed by atoms with Crippen LogP contribution in [0.4, 0.5) is 8.78 Å². The SMILES string of the molecule is C=C(CCC(=O)N1N=CCC1c1cccc(F)c1F)COc1ccc(C#N)cn1.